The van der Waals surface area contributed by atoms with Crippen molar-refractivity contribution >= 4 is 11.9 Å². The molecule has 162 valence electrons. The second kappa shape index (κ2) is 10.7. The monoisotopic (exact) mass is 405 g/mol. The minimum atomic E-state index is -0.581. The first-order valence-electron chi connectivity index (χ1n) is 10.5. The summed E-state index contributed by atoms with van der Waals surface area (Å²) in [4.78, 5) is 27.0. The largest absolute Gasteiger partial charge is 0.466 e. The molecule has 2 rings (SSSR count). The molecule has 0 spiro atoms. The van der Waals surface area contributed by atoms with Gasteiger partial charge in [-0.25, -0.2) is 0 Å². The number of rotatable bonds is 9. The summed E-state index contributed by atoms with van der Waals surface area (Å²) in [6.07, 6.45) is 1.08. The predicted molar refractivity (Wildman–Crippen MR) is 111 cm³/mol. The van der Waals surface area contributed by atoms with Crippen LogP contribution in [-0.2, 0) is 30.4 Å². The smallest absolute Gasteiger partial charge is 0.324 e. The number of carbonyl (C=O) groups is 2. The van der Waals surface area contributed by atoms with Crippen molar-refractivity contribution in [1.82, 2.24) is 4.90 Å². The summed E-state index contributed by atoms with van der Waals surface area (Å²) in [6.45, 7) is 11.5. The average molecular weight is 406 g/mol. The van der Waals surface area contributed by atoms with E-state index < -0.39 is 11.6 Å². The molecule has 1 aromatic rings. The van der Waals surface area contributed by atoms with Gasteiger partial charge in [-0.15, -0.1) is 0 Å². The first-order chi connectivity index (χ1) is 13.7. The number of ether oxygens (including phenoxy) is 3. The van der Waals surface area contributed by atoms with E-state index in [2.05, 4.69) is 4.90 Å². The van der Waals surface area contributed by atoms with Crippen molar-refractivity contribution in [2.75, 3.05) is 19.7 Å². The summed E-state index contributed by atoms with van der Waals surface area (Å²) < 4.78 is 16.8. The van der Waals surface area contributed by atoms with E-state index in [9.17, 15) is 9.59 Å². The molecule has 1 heterocycles. The Hall–Kier alpha value is -1.92. The lowest BCUT2D eigenvalue weighted by Crippen LogP contribution is -2.48. The number of likely N-dealkylation sites (tertiary alicyclic amines) is 1. The lowest BCUT2D eigenvalue weighted by Gasteiger charge is -2.33. The second-order valence-electron chi connectivity index (χ2n) is 8.67. The van der Waals surface area contributed by atoms with Crippen LogP contribution in [0.1, 0.15) is 53.0 Å². The van der Waals surface area contributed by atoms with Crippen LogP contribution in [0.2, 0.25) is 0 Å². The third-order valence-corrected chi connectivity index (χ3v) is 4.88. The average Bonchev–Trinajstić information content (AvgIpc) is 3.08. The van der Waals surface area contributed by atoms with Crippen molar-refractivity contribution in [3.8, 4) is 0 Å². The fraction of sp³-hybridized carbons (Fsp3) is 0.652. The van der Waals surface area contributed by atoms with Crippen LogP contribution >= 0.6 is 0 Å². The van der Waals surface area contributed by atoms with E-state index in [4.69, 9.17) is 14.2 Å². The summed E-state index contributed by atoms with van der Waals surface area (Å²) in [5.74, 6) is -0.792. The molecular formula is C23H35NO5. The lowest BCUT2D eigenvalue weighted by molar-refractivity contribution is -0.164. The van der Waals surface area contributed by atoms with Crippen molar-refractivity contribution in [3.63, 3.8) is 0 Å². The standard InChI is InChI=1S/C23H35NO5/c1-6-27-20(25)14-17(2)21(22(26)29-23(3,4)5)24-13-12-19(15-24)28-16-18-10-8-7-9-11-18/h7-11,17,19,21H,6,12-16H2,1-5H3/t17-,19-,21-/m1/s1. The van der Waals surface area contributed by atoms with Gasteiger partial charge in [0.1, 0.15) is 11.6 Å². The van der Waals surface area contributed by atoms with Crippen molar-refractivity contribution in [2.24, 2.45) is 5.92 Å². The maximum atomic E-state index is 13.0. The molecule has 1 aliphatic rings. The Kier molecular flexibility index (Phi) is 8.65. The molecule has 1 fully saturated rings. The Labute approximate surface area is 174 Å². The highest BCUT2D eigenvalue weighted by Crippen LogP contribution is 2.25. The highest BCUT2D eigenvalue weighted by molar-refractivity contribution is 5.78. The van der Waals surface area contributed by atoms with Crippen LogP contribution in [0.3, 0.4) is 0 Å². The van der Waals surface area contributed by atoms with Crippen molar-refractivity contribution in [3.05, 3.63) is 35.9 Å². The van der Waals surface area contributed by atoms with E-state index >= 15 is 0 Å². The van der Waals surface area contributed by atoms with E-state index in [0.717, 1.165) is 18.5 Å². The van der Waals surface area contributed by atoms with Gasteiger partial charge in [-0.05, 0) is 45.6 Å². The summed E-state index contributed by atoms with van der Waals surface area (Å²) in [5, 5.41) is 0. The normalized spacial score (nSPS) is 19.6. The number of hydrogen-bond acceptors (Lipinski definition) is 6. The third kappa shape index (κ3) is 7.78. The molecule has 0 amide bonds. The van der Waals surface area contributed by atoms with Gasteiger partial charge in [0.2, 0.25) is 0 Å². The quantitative estimate of drug-likeness (QED) is 0.585. The van der Waals surface area contributed by atoms with Gasteiger partial charge in [0.25, 0.3) is 0 Å². The molecule has 6 heteroatoms. The van der Waals surface area contributed by atoms with Crippen LogP contribution in [0.4, 0.5) is 0 Å². The van der Waals surface area contributed by atoms with Crippen LogP contribution < -0.4 is 0 Å². The molecule has 1 aliphatic heterocycles. The van der Waals surface area contributed by atoms with Gasteiger partial charge in [0, 0.05) is 13.1 Å². The van der Waals surface area contributed by atoms with Gasteiger partial charge in [-0.3, -0.25) is 14.5 Å². The number of nitrogens with zero attached hydrogens (tertiary/aromatic N) is 1. The van der Waals surface area contributed by atoms with E-state index in [-0.39, 0.29) is 30.4 Å². The highest BCUT2D eigenvalue weighted by Gasteiger charge is 2.39. The summed E-state index contributed by atoms with van der Waals surface area (Å²) >= 11 is 0. The fourth-order valence-corrected chi connectivity index (χ4v) is 3.63. The summed E-state index contributed by atoms with van der Waals surface area (Å²) in [5.41, 5.74) is 0.548. The Morgan fingerprint density at radius 3 is 2.52 bits per heavy atom. The zero-order valence-electron chi connectivity index (χ0n) is 18.3. The minimum Gasteiger partial charge on any atom is -0.466 e. The van der Waals surface area contributed by atoms with Gasteiger partial charge in [0.05, 0.1) is 25.7 Å². The molecule has 6 nitrogen and oxygen atoms in total. The molecule has 3 atom stereocenters. The van der Waals surface area contributed by atoms with Crippen LogP contribution in [0.5, 0.6) is 0 Å². The molecule has 29 heavy (non-hydrogen) atoms. The third-order valence-electron chi connectivity index (χ3n) is 4.88. The molecule has 0 radical (unpaired) electrons. The topological polar surface area (TPSA) is 65.1 Å². The first-order valence-corrected chi connectivity index (χ1v) is 10.5. The fourth-order valence-electron chi connectivity index (χ4n) is 3.63. The van der Waals surface area contributed by atoms with Crippen molar-refractivity contribution in [2.45, 2.75) is 71.8 Å². The Morgan fingerprint density at radius 1 is 1.21 bits per heavy atom. The Balaban J connectivity index is 2.01. The maximum Gasteiger partial charge on any atom is 0.324 e. The SMILES string of the molecule is CCOC(=O)C[C@@H](C)[C@H](C(=O)OC(C)(C)C)N1CC[C@@H](OCc2ccccc2)C1. The van der Waals surface area contributed by atoms with Crippen molar-refractivity contribution in [1.29, 1.82) is 0 Å². The van der Waals surface area contributed by atoms with E-state index in [1.165, 1.54) is 0 Å². The van der Waals surface area contributed by atoms with Crippen LogP contribution in [0.15, 0.2) is 30.3 Å². The van der Waals surface area contributed by atoms with E-state index in [1.807, 2.05) is 58.0 Å². The molecule has 1 saturated heterocycles. The van der Waals surface area contributed by atoms with Gasteiger partial charge in [-0.2, -0.15) is 0 Å². The van der Waals surface area contributed by atoms with Crippen LogP contribution in [0.25, 0.3) is 0 Å². The molecule has 1 aromatic carbocycles. The van der Waals surface area contributed by atoms with Gasteiger partial charge in [0.15, 0.2) is 0 Å². The second-order valence-corrected chi connectivity index (χ2v) is 8.67. The minimum absolute atomic E-state index is 0.0509. The Morgan fingerprint density at radius 2 is 1.90 bits per heavy atom. The molecule has 0 aliphatic carbocycles. The summed E-state index contributed by atoms with van der Waals surface area (Å²) in [6, 6.07) is 9.56. The van der Waals surface area contributed by atoms with Gasteiger partial charge in [-0.1, -0.05) is 37.3 Å². The zero-order valence-corrected chi connectivity index (χ0v) is 18.3. The summed E-state index contributed by atoms with van der Waals surface area (Å²) in [7, 11) is 0. The number of benzene rings is 1. The van der Waals surface area contributed by atoms with E-state index in [1.54, 1.807) is 6.92 Å². The lowest BCUT2D eigenvalue weighted by atomic mass is 9.96. The highest BCUT2D eigenvalue weighted by atomic mass is 16.6. The number of carbonyl (C=O) groups excluding carboxylic acids is 2. The molecule has 0 N–H and O–H groups in total. The van der Waals surface area contributed by atoms with Crippen LogP contribution in [-0.4, -0.2) is 54.3 Å². The molecule has 0 unspecified atom stereocenters. The molecule has 0 saturated carbocycles. The predicted octanol–water partition coefficient (Wildman–Crippen LogP) is 3.58. The van der Waals surface area contributed by atoms with E-state index in [0.29, 0.717) is 19.8 Å². The molecular weight excluding hydrogens is 370 g/mol. The zero-order chi connectivity index (χ0) is 21.4. The Bertz CT molecular complexity index is 655. The van der Waals surface area contributed by atoms with Crippen LogP contribution in [0, 0.1) is 5.92 Å². The number of hydrogen-bond donors (Lipinski definition) is 0. The van der Waals surface area contributed by atoms with Gasteiger partial charge < -0.3 is 14.2 Å². The molecule has 0 bridgehead atoms. The number of esters is 2. The maximum absolute atomic E-state index is 13.0. The van der Waals surface area contributed by atoms with Crippen molar-refractivity contribution < 1.29 is 23.8 Å². The first kappa shape index (κ1) is 23.4. The van der Waals surface area contributed by atoms with Gasteiger partial charge >= 0.3 is 11.9 Å². The molecule has 0 aromatic heterocycles.